The molecule has 2 aromatic heterocycles. The predicted molar refractivity (Wildman–Crippen MR) is 51.6 cm³/mol. The second kappa shape index (κ2) is 2.70. The van der Waals surface area contributed by atoms with E-state index < -0.39 is 0 Å². The lowest BCUT2D eigenvalue weighted by Gasteiger charge is -1.94. The molecule has 2 heterocycles. The van der Waals surface area contributed by atoms with Gasteiger partial charge < -0.3 is 4.42 Å². The zero-order valence-electron chi connectivity index (χ0n) is 7.27. The maximum Gasteiger partial charge on any atom is 0.133 e. The molecule has 0 radical (unpaired) electrons. The lowest BCUT2D eigenvalue weighted by Crippen LogP contribution is -1.74. The van der Waals surface area contributed by atoms with E-state index in [1.165, 1.54) is 0 Å². The van der Waals surface area contributed by atoms with Crippen LogP contribution in [0, 0.1) is 0 Å². The van der Waals surface area contributed by atoms with Crippen molar-refractivity contribution in [3.63, 3.8) is 0 Å². The van der Waals surface area contributed by atoms with Crippen molar-refractivity contribution in [3.05, 3.63) is 36.6 Å². The maximum atomic E-state index is 5.29. The standard InChI is InChI=1S/C10H7N3O/c1-2-10(14-5-1)7-3-4-8-9(6-7)12-13-11-8/h1-6H,(H,11,12,13). The third-order valence-corrected chi connectivity index (χ3v) is 2.13. The first-order valence-corrected chi connectivity index (χ1v) is 4.28. The molecule has 0 amide bonds. The summed E-state index contributed by atoms with van der Waals surface area (Å²) < 4.78 is 5.29. The largest absolute Gasteiger partial charge is 0.464 e. The van der Waals surface area contributed by atoms with Crippen molar-refractivity contribution in [3.8, 4) is 11.3 Å². The first-order chi connectivity index (χ1) is 6.93. The molecule has 0 aliphatic rings. The Hall–Kier alpha value is -2.10. The van der Waals surface area contributed by atoms with Gasteiger partial charge in [-0.25, -0.2) is 0 Å². The summed E-state index contributed by atoms with van der Waals surface area (Å²) >= 11 is 0. The Balaban J connectivity index is 2.23. The Morgan fingerprint density at radius 2 is 2.21 bits per heavy atom. The molecule has 3 aromatic rings. The molecule has 4 heteroatoms. The Labute approximate surface area is 79.5 Å². The molecule has 0 saturated heterocycles. The van der Waals surface area contributed by atoms with Crippen molar-refractivity contribution in [1.29, 1.82) is 0 Å². The highest BCUT2D eigenvalue weighted by molar-refractivity contribution is 5.79. The van der Waals surface area contributed by atoms with Gasteiger partial charge in [0.05, 0.1) is 11.8 Å². The second-order valence-electron chi connectivity index (χ2n) is 3.02. The topological polar surface area (TPSA) is 54.7 Å². The van der Waals surface area contributed by atoms with Crippen LogP contribution in [0.15, 0.2) is 41.0 Å². The van der Waals surface area contributed by atoms with Gasteiger partial charge in [-0.05, 0) is 30.3 Å². The fourth-order valence-electron chi connectivity index (χ4n) is 1.44. The Morgan fingerprint density at radius 1 is 1.21 bits per heavy atom. The predicted octanol–water partition coefficient (Wildman–Crippen LogP) is 2.22. The molecule has 0 spiro atoms. The minimum atomic E-state index is 0.843. The molecule has 0 atom stereocenters. The highest BCUT2D eigenvalue weighted by Gasteiger charge is 2.03. The average molecular weight is 185 g/mol. The number of furan rings is 1. The van der Waals surface area contributed by atoms with E-state index in [1.807, 2.05) is 30.3 Å². The number of aromatic nitrogens is 3. The third-order valence-electron chi connectivity index (χ3n) is 2.13. The van der Waals surface area contributed by atoms with Gasteiger partial charge in [0, 0.05) is 5.56 Å². The van der Waals surface area contributed by atoms with E-state index in [0.29, 0.717) is 0 Å². The second-order valence-corrected chi connectivity index (χ2v) is 3.02. The summed E-state index contributed by atoms with van der Waals surface area (Å²) in [7, 11) is 0. The number of aromatic amines is 1. The van der Waals surface area contributed by atoms with Crippen molar-refractivity contribution in [2.45, 2.75) is 0 Å². The highest BCUT2D eigenvalue weighted by atomic mass is 16.3. The number of nitrogens with zero attached hydrogens (tertiary/aromatic N) is 2. The minimum absolute atomic E-state index is 0.843. The first-order valence-electron chi connectivity index (χ1n) is 4.28. The van der Waals surface area contributed by atoms with Gasteiger partial charge in [0.25, 0.3) is 0 Å². The first kappa shape index (κ1) is 7.32. The van der Waals surface area contributed by atoms with Crippen LogP contribution in [0.3, 0.4) is 0 Å². The fraction of sp³-hybridized carbons (Fsp3) is 0. The summed E-state index contributed by atoms with van der Waals surface area (Å²) in [6.07, 6.45) is 1.66. The van der Waals surface area contributed by atoms with E-state index in [2.05, 4.69) is 15.4 Å². The van der Waals surface area contributed by atoms with Gasteiger partial charge in [-0.15, -0.1) is 5.10 Å². The number of hydrogen-bond donors (Lipinski definition) is 1. The number of rotatable bonds is 1. The fourth-order valence-corrected chi connectivity index (χ4v) is 1.44. The van der Waals surface area contributed by atoms with Gasteiger partial charge in [-0.1, -0.05) is 5.21 Å². The van der Waals surface area contributed by atoms with Crippen molar-refractivity contribution in [2.24, 2.45) is 0 Å². The van der Waals surface area contributed by atoms with Gasteiger partial charge in [0.2, 0.25) is 0 Å². The quantitative estimate of drug-likeness (QED) is 0.632. The van der Waals surface area contributed by atoms with E-state index >= 15 is 0 Å². The SMILES string of the molecule is c1coc(-c2ccc3[nH]nnc3c2)c1. The van der Waals surface area contributed by atoms with Crippen molar-refractivity contribution < 1.29 is 4.42 Å². The number of hydrogen-bond acceptors (Lipinski definition) is 3. The van der Waals surface area contributed by atoms with E-state index in [1.54, 1.807) is 6.26 Å². The van der Waals surface area contributed by atoms with Gasteiger partial charge in [-0.2, -0.15) is 0 Å². The molecule has 3 rings (SSSR count). The molecule has 0 unspecified atom stereocenters. The molecule has 0 aliphatic carbocycles. The molecule has 0 saturated carbocycles. The zero-order chi connectivity index (χ0) is 9.38. The zero-order valence-corrected chi connectivity index (χ0v) is 7.27. The minimum Gasteiger partial charge on any atom is -0.464 e. The molecule has 14 heavy (non-hydrogen) atoms. The van der Waals surface area contributed by atoms with E-state index in [4.69, 9.17) is 4.42 Å². The summed E-state index contributed by atoms with van der Waals surface area (Å²) in [6.45, 7) is 0. The monoisotopic (exact) mass is 185 g/mol. The van der Waals surface area contributed by atoms with Gasteiger partial charge in [0.1, 0.15) is 11.3 Å². The normalized spacial score (nSPS) is 10.9. The van der Waals surface area contributed by atoms with Crippen LogP contribution in [0.1, 0.15) is 0 Å². The summed E-state index contributed by atoms with van der Waals surface area (Å²) in [5.41, 5.74) is 2.79. The van der Waals surface area contributed by atoms with Crippen molar-refractivity contribution in [2.75, 3.05) is 0 Å². The summed E-state index contributed by atoms with van der Waals surface area (Å²) in [5, 5.41) is 10.5. The summed E-state index contributed by atoms with van der Waals surface area (Å²) in [6, 6.07) is 9.63. The molecular weight excluding hydrogens is 178 g/mol. The maximum absolute atomic E-state index is 5.29. The van der Waals surface area contributed by atoms with Crippen LogP contribution in [0.2, 0.25) is 0 Å². The lowest BCUT2D eigenvalue weighted by molar-refractivity contribution is 0.582. The molecule has 4 nitrogen and oxygen atoms in total. The number of nitrogens with one attached hydrogen (secondary N) is 1. The van der Waals surface area contributed by atoms with Crippen LogP contribution < -0.4 is 0 Å². The molecule has 0 aliphatic heterocycles. The van der Waals surface area contributed by atoms with Crippen LogP contribution in [-0.2, 0) is 0 Å². The van der Waals surface area contributed by atoms with E-state index in [9.17, 15) is 0 Å². The highest BCUT2D eigenvalue weighted by Crippen LogP contribution is 2.22. The van der Waals surface area contributed by atoms with Crippen LogP contribution in [-0.4, -0.2) is 15.4 Å². The van der Waals surface area contributed by atoms with Gasteiger partial charge >= 0.3 is 0 Å². The van der Waals surface area contributed by atoms with Crippen LogP contribution in [0.25, 0.3) is 22.4 Å². The third kappa shape index (κ3) is 1.01. The molecule has 68 valence electrons. The molecular formula is C10H7N3O. The lowest BCUT2D eigenvalue weighted by atomic mass is 10.1. The summed E-state index contributed by atoms with van der Waals surface area (Å²) in [4.78, 5) is 0. The van der Waals surface area contributed by atoms with E-state index in [0.717, 1.165) is 22.4 Å². The molecule has 1 N–H and O–H groups in total. The molecule has 1 aromatic carbocycles. The number of fused-ring (bicyclic) bond motifs is 1. The van der Waals surface area contributed by atoms with Crippen LogP contribution in [0.4, 0.5) is 0 Å². The van der Waals surface area contributed by atoms with Crippen LogP contribution in [0.5, 0.6) is 0 Å². The Kier molecular flexibility index (Phi) is 1.41. The van der Waals surface area contributed by atoms with Crippen LogP contribution >= 0.6 is 0 Å². The smallest absolute Gasteiger partial charge is 0.133 e. The Morgan fingerprint density at radius 3 is 3.07 bits per heavy atom. The van der Waals surface area contributed by atoms with Crippen molar-refractivity contribution in [1.82, 2.24) is 15.4 Å². The Bertz CT molecular complexity index is 554. The van der Waals surface area contributed by atoms with Gasteiger partial charge in [-0.3, -0.25) is 5.10 Å². The van der Waals surface area contributed by atoms with E-state index in [-0.39, 0.29) is 0 Å². The van der Waals surface area contributed by atoms with Gasteiger partial charge in [0.15, 0.2) is 0 Å². The number of benzene rings is 1. The van der Waals surface area contributed by atoms with Crippen molar-refractivity contribution >= 4 is 11.0 Å². The molecule has 0 bridgehead atoms. The number of H-pyrrole nitrogens is 1. The molecule has 0 fully saturated rings. The average Bonchev–Trinajstić information content (AvgIpc) is 2.88. The summed E-state index contributed by atoms with van der Waals surface area (Å²) in [5.74, 6) is 0.843.